The van der Waals surface area contributed by atoms with Crippen LogP contribution in [0, 0.1) is 0 Å². The lowest BCUT2D eigenvalue weighted by Gasteiger charge is -2.24. The molecule has 2 atom stereocenters. The third kappa shape index (κ3) is 3.64. The van der Waals surface area contributed by atoms with E-state index in [9.17, 15) is 5.11 Å². The molecule has 18 heavy (non-hydrogen) atoms. The number of aliphatic hydroxyl groups excluding tert-OH is 1. The molecule has 0 saturated carbocycles. The number of halogens is 1. The lowest BCUT2D eigenvalue weighted by atomic mass is 10.1. The Hall–Kier alpha value is -0.220. The van der Waals surface area contributed by atoms with Gasteiger partial charge in [0.1, 0.15) is 0 Å². The van der Waals surface area contributed by atoms with Crippen molar-refractivity contribution < 1.29 is 5.11 Å². The second kappa shape index (κ2) is 6.80. The van der Waals surface area contributed by atoms with Gasteiger partial charge in [-0.05, 0) is 37.3 Å². The first-order chi connectivity index (χ1) is 8.68. The van der Waals surface area contributed by atoms with Gasteiger partial charge < -0.3 is 10.0 Å². The number of nitrogens with zero attached hydrogens (tertiary/aromatic N) is 1. The van der Waals surface area contributed by atoms with E-state index >= 15 is 0 Å². The van der Waals surface area contributed by atoms with E-state index in [4.69, 9.17) is 11.6 Å². The summed E-state index contributed by atoms with van der Waals surface area (Å²) in [5, 5.41) is 10.8. The Bertz CT molecular complexity index is 382. The molecule has 4 heteroatoms. The zero-order valence-electron chi connectivity index (χ0n) is 10.7. The number of hydrogen-bond acceptors (Lipinski definition) is 3. The molecule has 1 fully saturated rings. The molecule has 0 aliphatic carbocycles. The van der Waals surface area contributed by atoms with Crippen molar-refractivity contribution in [1.29, 1.82) is 0 Å². The van der Waals surface area contributed by atoms with Crippen LogP contribution >= 0.6 is 23.4 Å². The first-order valence-corrected chi connectivity index (χ1v) is 7.92. The van der Waals surface area contributed by atoms with Crippen LogP contribution in [-0.4, -0.2) is 41.1 Å². The molecule has 1 aromatic carbocycles. The lowest BCUT2D eigenvalue weighted by Crippen LogP contribution is -2.32. The van der Waals surface area contributed by atoms with Gasteiger partial charge >= 0.3 is 0 Å². The van der Waals surface area contributed by atoms with Crippen LogP contribution in [0.5, 0.6) is 0 Å². The van der Waals surface area contributed by atoms with Gasteiger partial charge in [-0.2, -0.15) is 11.8 Å². The monoisotopic (exact) mass is 285 g/mol. The van der Waals surface area contributed by atoms with Crippen molar-refractivity contribution >= 4 is 23.4 Å². The van der Waals surface area contributed by atoms with Crippen LogP contribution in [0.25, 0.3) is 0 Å². The Labute approximate surface area is 118 Å². The Morgan fingerprint density at radius 3 is 2.94 bits per heavy atom. The highest BCUT2D eigenvalue weighted by atomic mass is 35.5. The van der Waals surface area contributed by atoms with E-state index in [1.165, 1.54) is 17.9 Å². The summed E-state index contributed by atoms with van der Waals surface area (Å²) in [6, 6.07) is 8.21. The van der Waals surface area contributed by atoms with Crippen LogP contribution in [0.1, 0.15) is 24.5 Å². The van der Waals surface area contributed by atoms with Gasteiger partial charge in [0.2, 0.25) is 0 Å². The molecule has 0 aromatic heterocycles. The second-order valence-corrected chi connectivity index (χ2v) is 6.38. The quantitative estimate of drug-likeness (QED) is 0.899. The van der Waals surface area contributed by atoms with Gasteiger partial charge in [0.25, 0.3) is 0 Å². The number of benzene rings is 1. The normalized spacial score (nSPS) is 21.4. The van der Waals surface area contributed by atoms with Crippen molar-refractivity contribution in [3.63, 3.8) is 0 Å². The summed E-state index contributed by atoms with van der Waals surface area (Å²) in [6.07, 6.45) is 1.54. The topological polar surface area (TPSA) is 23.5 Å². The molecule has 2 unspecified atom stereocenters. The molecule has 0 bridgehead atoms. The van der Waals surface area contributed by atoms with Crippen LogP contribution in [-0.2, 0) is 0 Å². The van der Waals surface area contributed by atoms with E-state index in [1.807, 2.05) is 36.0 Å². The average molecular weight is 286 g/mol. The molecule has 100 valence electrons. The summed E-state index contributed by atoms with van der Waals surface area (Å²) in [5.74, 6) is 2.49. The average Bonchev–Trinajstić information content (AvgIpc) is 2.90. The summed E-state index contributed by atoms with van der Waals surface area (Å²) in [7, 11) is 2.15. The fourth-order valence-corrected chi connectivity index (χ4v) is 3.84. The second-order valence-electron chi connectivity index (χ2n) is 4.82. The molecule has 1 aliphatic rings. The van der Waals surface area contributed by atoms with E-state index in [-0.39, 0.29) is 0 Å². The third-order valence-electron chi connectivity index (χ3n) is 3.55. The van der Waals surface area contributed by atoms with Crippen LogP contribution in [0.15, 0.2) is 24.3 Å². The van der Waals surface area contributed by atoms with Crippen molar-refractivity contribution in [3.05, 3.63) is 34.9 Å². The van der Waals surface area contributed by atoms with Crippen LogP contribution in [0.3, 0.4) is 0 Å². The molecule has 1 saturated heterocycles. The van der Waals surface area contributed by atoms with Gasteiger partial charge in [-0.3, -0.25) is 0 Å². The minimum atomic E-state index is -0.463. The van der Waals surface area contributed by atoms with E-state index in [1.54, 1.807) is 0 Å². The third-order valence-corrected chi connectivity index (χ3v) is 5.04. The SMILES string of the molecule is CN(CCC(O)c1ccccc1Cl)C1CCSC1. The first kappa shape index (κ1) is 14.2. The minimum absolute atomic E-state index is 0.463. The van der Waals surface area contributed by atoms with Gasteiger partial charge in [-0.25, -0.2) is 0 Å². The fraction of sp³-hybridized carbons (Fsp3) is 0.571. The van der Waals surface area contributed by atoms with E-state index in [0.29, 0.717) is 11.1 Å². The highest BCUT2D eigenvalue weighted by Gasteiger charge is 2.20. The maximum Gasteiger partial charge on any atom is 0.0816 e. The van der Waals surface area contributed by atoms with E-state index in [0.717, 1.165) is 18.5 Å². The standard InChI is InChI=1S/C14H20ClNOS/c1-16(11-7-9-18-10-11)8-6-14(17)12-4-2-3-5-13(12)15/h2-5,11,14,17H,6-10H2,1H3. The predicted molar refractivity (Wildman–Crippen MR) is 79.4 cm³/mol. The van der Waals surface area contributed by atoms with Gasteiger partial charge in [0.05, 0.1) is 6.10 Å². The van der Waals surface area contributed by atoms with Gasteiger partial charge in [-0.1, -0.05) is 29.8 Å². The number of aliphatic hydroxyl groups is 1. The lowest BCUT2D eigenvalue weighted by molar-refractivity contribution is 0.140. The van der Waals surface area contributed by atoms with Crippen molar-refractivity contribution in [2.75, 3.05) is 25.1 Å². The molecular formula is C14H20ClNOS. The molecule has 0 radical (unpaired) electrons. The summed E-state index contributed by atoms with van der Waals surface area (Å²) in [5.41, 5.74) is 0.841. The molecule has 0 amide bonds. The fourth-order valence-electron chi connectivity index (χ4n) is 2.28. The zero-order chi connectivity index (χ0) is 13.0. The zero-order valence-corrected chi connectivity index (χ0v) is 12.3. The Kier molecular flexibility index (Phi) is 5.37. The van der Waals surface area contributed by atoms with Gasteiger partial charge in [0.15, 0.2) is 0 Å². The highest BCUT2D eigenvalue weighted by Crippen LogP contribution is 2.26. The summed E-state index contributed by atoms with van der Waals surface area (Å²) in [4.78, 5) is 2.36. The van der Waals surface area contributed by atoms with Crippen LogP contribution in [0.2, 0.25) is 5.02 Å². The molecule has 2 nitrogen and oxygen atoms in total. The number of thioether (sulfide) groups is 1. The largest absolute Gasteiger partial charge is 0.388 e. The molecule has 1 heterocycles. The van der Waals surface area contributed by atoms with Crippen LogP contribution in [0.4, 0.5) is 0 Å². The minimum Gasteiger partial charge on any atom is -0.388 e. The van der Waals surface area contributed by atoms with Gasteiger partial charge in [0, 0.05) is 23.4 Å². The predicted octanol–water partition coefficient (Wildman–Crippen LogP) is 3.20. The van der Waals surface area contributed by atoms with Crippen LogP contribution < -0.4 is 0 Å². The Morgan fingerprint density at radius 2 is 2.28 bits per heavy atom. The first-order valence-electron chi connectivity index (χ1n) is 6.39. The molecule has 1 aliphatic heterocycles. The number of rotatable bonds is 5. The summed E-state index contributed by atoms with van der Waals surface area (Å²) < 4.78 is 0. The maximum atomic E-state index is 10.2. The molecular weight excluding hydrogens is 266 g/mol. The van der Waals surface area contributed by atoms with Gasteiger partial charge in [-0.15, -0.1) is 0 Å². The maximum absolute atomic E-state index is 10.2. The van der Waals surface area contributed by atoms with Crippen molar-refractivity contribution in [3.8, 4) is 0 Å². The highest BCUT2D eigenvalue weighted by molar-refractivity contribution is 7.99. The molecule has 1 aromatic rings. The smallest absolute Gasteiger partial charge is 0.0816 e. The number of hydrogen-bond donors (Lipinski definition) is 1. The molecule has 2 rings (SSSR count). The van der Waals surface area contributed by atoms with Crippen molar-refractivity contribution in [1.82, 2.24) is 4.90 Å². The Balaban J connectivity index is 1.84. The van der Waals surface area contributed by atoms with E-state index < -0.39 is 6.10 Å². The molecule has 0 spiro atoms. The van der Waals surface area contributed by atoms with Crippen molar-refractivity contribution in [2.45, 2.75) is 25.0 Å². The Morgan fingerprint density at radius 1 is 1.50 bits per heavy atom. The van der Waals surface area contributed by atoms with E-state index in [2.05, 4.69) is 11.9 Å². The summed E-state index contributed by atoms with van der Waals surface area (Å²) >= 11 is 8.10. The summed E-state index contributed by atoms with van der Waals surface area (Å²) in [6.45, 7) is 0.914. The molecule has 1 N–H and O–H groups in total. The van der Waals surface area contributed by atoms with Crippen molar-refractivity contribution in [2.24, 2.45) is 0 Å².